The van der Waals surface area contributed by atoms with E-state index < -0.39 is 12.1 Å². The number of hydrogen-bond acceptors (Lipinski definition) is 8. The van der Waals surface area contributed by atoms with E-state index >= 15 is 0 Å². The van der Waals surface area contributed by atoms with Gasteiger partial charge in [0.2, 0.25) is 23.6 Å². The number of rotatable bonds is 9. The number of amides is 4. The summed E-state index contributed by atoms with van der Waals surface area (Å²) in [6, 6.07) is 4.18. The second-order valence-electron chi connectivity index (χ2n) is 12.7. The number of hydrogen-bond donors (Lipinski definition) is 3. The standard InChI is InChI=1S/C34H53N7O6/c1-8-23(4)32-34(45)36-24(5)33-37-28(20-25-13-14-26(46-6)27(19-25)47-7)39-41(33)21-30(43)35-16-10-18-40(17-9-11-29(42)38-32)31(44)15-12-22(2)3/h13-14,19,22-24,32H,8-12,15-18,20-21H2,1-7H3,(H,35,43)(H,36,45)(H,38,42)/t23-,24+,32-/m0/s1. The lowest BCUT2D eigenvalue weighted by molar-refractivity contribution is -0.132. The number of aromatic nitrogens is 3. The molecule has 0 bridgehead atoms. The first-order chi connectivity index (χ1) is 22.4. The first kappa shape index (κ1) is 37.3. The van der Waals surface area contributed by atoms with Crippen LogP contribution in [0.5, 0.6) is 11.5 Å². The highest BCUT2D eigenvalue weighted by Crippen LogP contribution is 2.28. The number of nitrogens with zero attached hydrogens (tertiary/aromatic N) is 4. The van der Waals surface area contributed by atoms with E-state index in [9.17, 15) is 19.2 Å². The fourth-order valence-electron chi connectivity index (χ4n) is 5.45. The molecular formula is C34H53N7O6. The van der Waals surface area contributed by atoms with Crippen LogP contribution >= 0.6 is 0 Å². The summed E-state index contributed by atoms with van der Waals surface area (Å²) in [7, 11) is 3.14. The molecule has 2 aromatic rings. The maximum atomic E-state index is 13.6. The van der Waals surface area contributed by atoms with E-state index in [-0.39, 0.29) is 42.5 Å². The van der Waals surface area contributed by atoms with E-state index in [1.165, 1.54) is 4.68 Å². The summed E-state index contributed by atoms with van der Waals surface area (Å²) in [5.41, 5.74) is 0.880. The van der Waals surface area contributed by atoms with Gasteiger partial charge in [-0.15, -0.1) is 0 Å². The predicted molar refractivity (Wildman–Crippen MR) is 178 cm³/mol. The quantitative estimate of drug-likeness (QED) is 0.372. The first-order valence-corrected chi connectivity index (χ1v) is 16.7. The Balaban J connectivity index is 1.89. The topological polar surface area (TPSA) is 157 Å². The van der Waals surface area contributed by atoms with Crippen LogP contribution in [0.15, 0.2) is 18.2 Å². The van der Waals surface area contributed by atoms with Gasteiger partial charge in [-0.05, 0) is 55.7 Å². The summed E-state index contributed by atoms with van der Waals surface area (Å²) in [6.07, 6.45) is 3.49. The smallest absolute Gasteiger partial charge is 0.243 e. The van der Waals surface area contributed by atoms with E-state index in [2.05, 4.69) is 34.9 Å². The second kappa shape index (κ2) is 18.2. The minimum absolute atomic E-state index is 0.0416. The summed E-state index contributed by atoms with van der Waals surface area (Å²) in [6.45, 7) is 11.0. The highest BCUT2D eigenvalue weighted by Gasteiger charge is 2.29. The van der Waals surface area contributed by atoms with Crippen LogP contribution in [-0.2, 0) is 32.1 Å². The highest BCUT2D eigenvalue weighted by molar-refractivity contribution is 5.88. The van der Waals surface area contributed by atoms with Crippen LogP contribution in [0.4, 0.5) is 0 Å². The molecule has 47 heavy (non-hydrogen) atoms. The van der Waals surface area contributed by atoms with Gasteiger partial charge in [0, 0.05) is 38.9 Å². The van der Waals surface area contributed by atoms with Crippen molar-refractivity contribution in [3.8, 4) is 11.5 Å². The Labute approximate surface area is 278 Å². The molecule has 0 unspecified atom stereocenters. The van der Waals surface area contributed by atoms with Gasteiger partial charge in [-0.3, -0.25) is 19.2 Å². The molecule has 1 aromatic carbocycles. The van der Waals surface area contributed by atoms with Crippen LogP contribution in [0.25, 0.3) is 0 Å². The number of benzene rings is 1. The maximum absolute atomic E-state index is 13.6. The second-order valence-corrected chi connectivity index (χ2v) is 12.7. The molecular weight excluding hydrogens is 602 g/mol. The summed E-state index contributed by atoms with van der Waals surface area (Å²) >= 11 is 0. The first-order valence-electron chi connectivity index (χ1n) is 16.7. The minimum atomic E-state index is -0.761. The number of fused-ring (bicyclic) bond motifs is 1. The zero-order valence-corrected chi connectivity index (χ0v) is 29.1. The number of carbonyl (C=O) groups is 4. The van der Waals surface area contributed by atoms with E-state index in [1.54, 1.807) is 26.0 Å². The highest BCUT2D eigenvalue weighted by atomic mass is 16.5. The molecule has 0 saturated heterocycles. The maximum Gasteiger partial charge on any atom is 0.243 e. The monoisotopic (exact) mass is 655 g/mol. The lowest BCUT2D eigenvalue weighted by Gasteiger charge is -2.26. The Kier molecular flexibility index (Phi) is 14.5. The Hall–Kier alpha value is -4.16. The largest absolute Gasteiger partial charge is 0.493 e. The molecule has 0 aliphatic carbocycles. The number of ether oxygens (including phenoxy) is 2. The molecule has 0 fully saturated rings. The van der Waals surface area contributed by atoms with Crippen molar-refractivity contribution in [1.82, 2.24) is 35.6 Å². The van der Waals surface area contributed by atoms with Crippen molar-refractivity contribution in [3.63, 3.8) is 0 Å². The van der Waals surface area contributed by atoms with Gasteiger partial charge in [0.1, 0.15) is 18.4 Å². The molecule has 0 saturated carbocycles. The SMILES string of the molecule is CC[C@H](C)[C@@H]1NC(=O)CCCN(C(=O)CCC(C)C)CCCNC(=O)Cn2nc(Cc3ccc(OC)c(OC)c3)nc2[C@@H](C)NC1=O. The Morgan fingerprint density at radius 3 is 2.43 bits per heavy atom. The summed E-state index contributed by atoms with van der Waals surface area (Å²) in [4.78, 5) is 59.3. The van der Waals surface area contributed by atoms with Gasteiger partial charge in [-0.1, -0.05) is 40.2 Å². The predicted octanol–water partition coefficient (Wildman–Crippen LogP) is 3.16. The molecule has 13 nitrogen and oxygen atoms in total. The summed E-state index contributed by atoms with van der Waals surface area (Å²) in [5, 5.41) is 13.5. The van der Waals surface area contributed by atoms with Crippen molar-refractivity contribution in [2.24, 2.45) is 11.8 Å². The van der Waals surface area contributed by atoms with Gasteiger partial charge >= 0.3 is 0 Å². The van der Waals surface area contributed by atoms with Crippen molar-refractivity contribution in [3.05, 3.63) is 35.4 Å². The van der Waals surface area contributed by atoms with Crippen molar-refractivity contribution >= 4 is 23.6 Å². The zero-order valence-electron chi connectivity index (χ0n) is 29.1. The van der Waals surface area contributed by atoms with Gasteiger partial charge in [-0.25, -0.2) is 9.67 Å². The molecule has 1 aliphatic heterocycles. The number of nitrogens with one attached hydrogen (secondary N) is 3. The van der Waals surface area contributed by atoms with Crippen molar-refractivity contribution in [1.29, 1.82) is 0 Å². The van der Waals surface area contributed by atoms with Crippen LogP contribution in [0, 0.1) is 11.8 Å². The molecule has 1 aromatic heterocycles. The van der Waals surface area contributed by atoms with Gasteiger partial charge in [0.25, 0.3) is 0 Å². The Bertz CT molecular complexity index is 1360. The van der Waals surface area contributed by atoms with Crippen LogP contribution < -0.4 is 25.4 Å². The van der Waals surface area contributed by atoms with E-state index in [0.717, 1.165) is 12.0 Å². The molecule has 260 valence electrons. The van der Waals surface area contributed by atoms with Gasteiger partial charge < -0.3 is 30.3 Å². The zero-order chi connectivity index (χ0) is 34.5. The lowest BCUT2D eigenvalue weighted by atomic mass is 9.97. The van der Waals surface area contributed by atoms with Gasteiger partial charge in [0.15, 0.2) is 17.3 Å². The fraction of sp³-hybridized carbons (Fsp3) is 0.647. The Morgan fingerprint density at radius 1 is 1.02 bits per heavy atom. The van der Waals surface area contributed by atoms with Gasteiger partial charge in [0.05, 0.1) is 20.3 Å². The number of methoxy groups -OCH3 is 2. The third-order valence-electron chi connectivity index (χ3n) is 8.45. The molecule has 2 heterocycles. The molecule has 3 N–H and O–H groups in total. The van der Waals surface area contributed by atoms with E-state index in [0.29, 0.717) is 80.8 Å². The van der Waals surface area contributed by atoms with Crippen LogP contribution in [-0.4, -0.2) is 83.2 Å². The van der Waals surface area contributed by atoms with E-state index in [4.69, 9.17) is 14.5 Å². The summed E-state index contributed by atoms with van der Waals surface area (Å²) < 4.78 is 12.3. The van der Waals surface area contributed by atoms with Crippen LogP contribution in [0.1, 0.15) is 96.4 Å². The molecule has 4 amide bonds. The third-order valence-corrected chi connectivity index (χ3v) is 8.45. The van der Waals surface area contributed by atoms with Crippen LogP contribution in [0.3, 0.4) is 0 Å². The molecule has 0 spiro atoms. The molecule has 3 atom stereocenters. The third kappa shape index (κ3) is 11.2. The average molecular weight is 656 g/mol. The molecule has 1 aliphatic rings. The molecule has 3 rings (SSSR count). The van der Waals surface area contributed by atoms with Gasteiger partial charge in [-0.2, -0.15) is 5.10 Å². The lowest BCUT2D eigenvalue weighted by Crippen LogP contribution is -2.51. The van der Waals surface area contributed by atoms with Crippen molar-refractivity contribution in [2.75, 3.05) is 33.9 Å². The Morgan fingerprint density at radius 2 is 1.74 bits per heavy atom. The molecule has 0 radical (unpaired) electrons. The fourth-order valence-corrected chi connectivity index (χ4v) is 5.45. The summed E-state index contributed by atoms with van der Waals surface area (Å²) in [5.74, 6) is 1.55. The molecule has 13 heteroatoms. The number of carbonyl (C=O) groups excluding carboxylic acids is 4. The van der Waals surface area contributed by atoms with E-state index in [1.807, 2.05) is 32.0 Å². The normalized spacial score (nSPS) is 19.5. The average Bonchev–Trinajstić information content (AvgIpc) is 3.44. The van der Waals surface area contributed by atoms with Crippen LogP contribution in [0.2, 0.25) is 0 Å². The van der Waals surface area contributed by atoms with Crippen molar-refractivity contribution in [2.45, 2.75) is 98.2 Å². The van der Waals surface area contributed by atoms with Crippen molar-refractivity contribution < 1.29 is 28.7 Å². The minimum Gasteiger partial charge on any atom is -0.493 e.